The van der Waals surface area contributed by atoms with E-state index in [0.29, 0.717) is 10.9 Å². The molecule has 0 fully saturated rings. The maximum absolute atomic E-state index is 12.2. The molecule has 7 nitrogen and oxygen atoms in total. The molecule has 0 spiro atoms. The number of aryl methyl sites for hydroxylation is 2. The number of hydrogen-bond acceptors (Lipinski definition) is 6. The van der Waals surface area contributed by atoms with Gasteiger partial charge in [-0.2, -0.15) is 5.10 Å². The molecule has 0 unspecified atom stereocenters. The first-order chi connectivity index (χ1) is 12.6. The molecule has 8 heteroatoms. The Labute approximate surface area is 154 Å². The van der Waals surface area contributed by atoms with Crippen molar-refractivity contribution in [1.29, 1.82) is 0 Å². The van der Waals surface area contributed by atoms with Gasteiger partial charge in [0.1, 0.15) is 11.5 Å². The van der Waals surface area contributed by atoms with Gasteiger partial charge in [0.05, 0.1) is 19.0 Å². The lowest BCUT2D eigenvalue weighted by Gasteiger charge is -2.10. The van der Waals surface area contributed by atoms with E-state index in [-0.39, 0.29) is 12.5 Å². The number of hydrogen-bond donors (Lipinski definition) is 1. The van der Waals surface area contributed by atoms with E-state index in [4.69, 9.17) is 9.47 Å². The van der Waals surface area contributed by atoms with Crippen LogP contribution in [-0.4, -0.2) is 34.4 Å². The number of carbonyl (C=O) groups excluding carboxylic acids is 1. The minimum absolute atomic E-state index is 0.0747. The highest BCUT2D eigenvalue weighted by molar-refractivity contribution is 7.16. The first kappa shape index (κ1) is 16.6. The Kier molecular flexibility index (Phi) is 4.34. The SMILES string of the molecule is COc1ccc(OCC(=O)Nc2nc3c(s2)CCc2c-3cnn2C)cc1. The van der Waals surface area contributed by atoms with Crippen LogP contribution in [-0.2, 0) is 24.7 Å². The Balaban J connectivity index is 1.40. The topological polar surface area (TPSA) is 78.3 Å². The second-order valence-corrected chi connectivity index (χ2v) is 7.02. The zero-order valence-corrected chi connectivity index (χ0v) is 15.3. The minimum Gasteiger partial charge on any atom is -0.497 e. The predicted molar refractivity (Wildman–Crippen MR) is 98.8 cm³/mol. The number of aromatic nitrogens is 3. The second kappa shape index (κ2) is 6.80. The minimum atomic E-state index is -0.238. The van der Waals surface area contributed by atoms with Crippen LogP contribution in [0.25, 0.3) is 11.3 Å². The number of ether oxygens (including phenoxy) is 2. The molecule has 1 aliphatic carbocycles. The van der Waals surface area contributed by atoms with E-state index in [1.807, 2.05) is 17.9 Å². The van der Waals surface area contributed by atoms with E-state index in [2.05, 4.69) is 15.4 Å². The molecule has 134 valence electrons. The van der Waals surface area contributed by atoms with Crippen LogP contribution in [0.5, 0.6) is 11.5 Å². The number of amides is 1. The maximum Gasteiger partial charge on any atom is 0.264 e. The zero-order valence-electron chi connectivity index (χ0n) is 14.5. The van der Waals surface area contributed by atoms with Crippen molar-refractivity contribution in [3.63, 3.8) is 0 Å². The normalized spacial score (nSPS) is 12.2. The molecule has 1 aliphatic rings. The Morgan fingerprint density at radius 1 is 1.27 bits per heavy atom. The Bertz CT molecular complexity index is 946. The molecule has 3 aromatic rings. The molecule has 1 amide bonds. The van der Waals surface area contributed by atoms with Crippen molar-refractivity contribution in [1.82, 2.24) is 14.8 Å². The number of rotatable bonds is 5. The van der Waals surface area contributed by atoms with Crippen LogP contribution in [0.1, 0.15) is 10.6 Å². The number of nitrogens with one attached hydrogen (secondary N) is 1. The van der Waals surface area contributed by atoms with Crippen LogP contribution in [0.4, 0.5) is 5.13 Å². The van der Waals surface area contributed by atoms with Gasteiger partial charge in [-0.05, 0) is 37.1 Å². The van der Waals surface area contributed by atoms with Gasteiger partial charge in [-0.3, -0.25) is 14.8 Å². The van der Waals surface area contributed by atoms with Crippen molar-refractivity contribution in [3.05, 3.63) is 41.0 Å². The smallest absolute Gasteiger partial charge is 0.264 e. The first-order valence-electron chi connectivity index (χ1n) is 8.21. The molecule has 1 N–H and O–H groups in total. The molecular formula is C18H18N4O3S. The van der Waals surface area contributed by atoms with Crippen LogP contribution in [0.2, 0.25) is 0 Å². The molecule has 0 atom stereocenters. The van der Waals surface area contributed by atoms with Gasteiger partial charge < -0.3 is 9.47 Å². The molecule has 0 saturated carbocycles. The van der Waals surface area contributed by atoms with E-state index in [1.54, 1.807) is 31.4 Å². The molecule has 0 saturated heterocycles. The summed E-state index contributed by atoms with van der Waals surface area (Å²) in [4.78, 5) is 17.9. The summed E-state index contributed by atoms with van der Waals surface area (Å²) in [5.41, 5.74) is 3.17. The number of benzene rings is 1. The van der Waals surface area contributed by atoms with E-state index in [1.165, 1.54) is 21.9 Å². The van der Waals surface area contributed by atoms with Gasteiger partial charge in [0.15, 0.2) is 11.7 Å². The maximum atomic E-state index is 12.2. The third-order valence-corrected chi connectivity index (χ3v) is 5.31. The van der Waals surface area contributed by atoms with Crippen LogP contribution in [0.15, 0.2) is 30.5 Å². The predicted octanol–water partition coefficient (Wildman–Crippen LogP) is 2.67. The summed E-state index contributed by atoms with van der Waals surface area (Å²) in [6, 6.07) is 7.09. The van der Waals surface area contributed by atoms with Crippen molar-refractivity contribution in [3.8, 4) is 22.8 Å². The van der Waals surface area contributed by atoms with E-state index < -0.39 is 0 Å². The fourth-order valence-corrected chi connectivity index (χ4v) is 3.94. The van der Waals surface area contributed by atoms with Crippen molar-refractivity contribution in [2.45, 2.75) is 12.8 Å². The highest BCUT2D eigenvalue weighted by Gasteiger charge is 2.24. The molecule has 2 heterocycles. The van der Waals surface area contributed by atoms with Crippen LogP contribution >= 0.6 is 11.3 Å². The summed E-state index contributed by atoms with van der Waals surface area (Å²) >= 11 is 1.51. The number of fused-ring (bicyclic) bond motifs is 3. The number of nitrogens with zero attached hydrogens (tertiary/aromatic N) is 3. The van der Waals surface area contributed by atoms with E-state index >= 15 is 0 Å². The number of anilines is 1. The van der Waals surface area contributed by atoms with Gasteiger partial charge in [-0.1, -0.05) is 0 Å². The van der Waals surface area contributed by atoms with Crippen LogP contribution < -0.4 is 14.8 Å². The Morgan fingerprint density at radius 2 is 2.04 bits per heavy atom. The second-order valence-electron chi connectivity index (χ2n) is 5.93. The van der Waals surface area contributed by atoms with Crippen LogP contribution in [0.3, 0.4) is 0 Å². The summed E-state index contributed by atoms with van der Waals surface area (Å²) in [5.74, 6) is 1.11. The van der Waals surface area contributed by atoms with Crippen LogP contribution in [0, 0.1) is 0 Å². The lowest BCUT2D eigenvalue weighted by atomic mass is 10.0. The molecule has 0 aliphatic heterocycles. The summed E-state index contributed by atoms with van der Waals surface area (Å²) < 4.78 is 12.5. The van der Waals surface area contributed by atoms with Crippen molar-refractivity contribution in [2.24, 2.45) is 7.05 Å². The summed E-state index contributed by atoms with van der Waals surface area (Å²) in [5, 5.41) is 7.72. The van der Waals surface area contributed by atoms with E-state index in [0.717, 1.165) is 29.8 Å². The van der Waals surface area contributed by atoms with Gasteiger partial charge in [0.25, 0.3) is 5.91 Å². The number of carbonyl (C=O) groups is 1. The molecule has 4 rings (SSSR count). The van der Waals surface area contributed by atoms with E-state index in [9.17, 15) is 4.79 Å². The van der Waals surface area contributed by atoms with Gasteiger partial charge in [0.2, 0.25) is 0 Å². The Hall–Kier alpha value is -2.87. The van der Waals surface area contributed by atoms with Gasteiger partial charge >= 0.3 is 0 Å². The Morgan fingerprint density at radius 3 is 2.81 bits per heavy atom. The standard InChI is InChI=1S/C18H18N4O3S/c1-22-14-7-8-15-17(13(14)9-19-22)21-18(26-15)20-16(23)10-25-12-5-3-11(24-2)4-6-12/h3-6,9H,7-8,10H2,1-2H3,(H,20,21,23). The molecule has 1 aromatic carbocycles. The lowest BCUT2D eigenvalue weighted by molar-refractivity contribution is -0.118. The monoisotopic (exact) mass is 370 g/mol. The summed E-state index contributed by atoms with van der Waals surface area (Å²) in [6.07, 6.45) is 3.69. The van der Waals surface area contributed by atoms with Crippen molar-refractivity contribution >= 4 is 22.4 Å². The average Bonchev–Trinajstić information content (AvgIpc) is 3.23. The fraction of sp³-hybridized carbons (Fsp3) is 0.278. The highest BCUT2D eigenvalue weighted by Crippen LogP contribution is 2.37. The largest absolute Gasteiger partial charge is 0.497 e. The molecular weight excluding hydrogens is 352 g/mol. The number of thiazole rings is 1. The molecule has 2 aromatic heterocycles. The van der Waals surface area contributed by atoms with Gasteiger partial charge in [-0.15, -0.1) is 11.3 Å². The third-order valence-electron chi connectivity index (χ3n) is 4.28. The molecule has 26 heavy (non-hydrogen) atoms. The summed E-state index contributed by atoms with van der Waals surface area (Å²) in [6.45, 7) is -0.0747. The molecule has 0 radical (unpaired) electrons. The van der Waals surface area contributed by atoms with Gasteiger partial charge in [0, 0.05) is 23.2 Å². The quantitative estimate of drug-likeness (QED) is 0.747. The summed E-state index contributed by atoms with van der Waals surface area (Å²) in [7, 11) is 3.54. The van der Waals surface area contributed by atoms with Crippen molar-refractivity contribution < 1.29 is 14.3 Å². The van der Waals surface area contributed by atoms with Gasteiger partial charge in [-0.25, -0.2) is 4.98 Å². The zero-order chi connectivity index (χ0) is 18.1. The fourth-order valence-electron chi connectivity index (χ4n) is 2.95. The first-order valence-corrected chi connectivity index (χ1v) is 9.03. The third kappa shape index (κ3) is 3.15. The average molecular weight is 370 g/mol. The number of methoxy groups -OCH3 is 1. The lowest BCUT2D eigenvalue weighted by Crippen LogP contribution is -2.20. The molecule has 0 bridgehead atoms. The van der Waals surface area contributed by atoms with Crippen molar-refractivity contribution in [2.75, 3.05) is 19.0 Å². The highest BCUT2D eigenvalue weighted by atomic mass is 32.1.